The number of amides is 2. The minimum absolute atomic E-state index is 0.0704. The quantitative estimate of drug-likeness (QED) is 0.231. The third-order valence-corrected chi connectivity index (χ3v) is 9.33. The molecular formula is C32H47N5O6S. The smallest absolute Gasteiger partial charge is 0.409 e. The van der Waals surface area contributed by atoms with Gasteiger partial charge in [-0.2, -0.15) is 15.4 Å². The van der Waals surface area contributed by atoms with Gasteiger partial charge in [-0.25, -0.2) is 13.2 Å². The summed E-state index contributed by atoms with van der Waals surface area (Å²) in [5.41, 5.74) is 5.60. The molecule has 0 unspecified atom stereocenters. The first-order chi connectivity index (χ1) is 20.8. The van der Waals surface area contributed by atoms with Gasteiger partial charge in [0.1, 0.15) is 6.04 Å². The predicted octanol–water partition coefficient (Wildman–Crippen LogP) is 4.56. The van der Waals surface area contributed by atoms with Crippen LogP contribution < -0.4 is 10.3 Å². The number of rotatable bonds is 12. The molecule has 0 spiro atoms. The molecule has 242 valence electrons. The van der Waals surface area contributed by atoms with Gasteiger partial charge >= 0.3 is 6.09 Å². The van der Waals surface area contributed by atoms with Crippen LogP contribution in [0.1, 0.15) is 94.0 Å². The van der Waals surface area contributed by atoms with Crippen LogP contribution in [0.2, 0.25) is 0 Å². The van der Waals surface area contributed by atoms with Crippen molar-refractivity contribution in [2.45, 2.75) is 83.6 Å². The van der Waals surface area contributed by atoms with Gasteiger partial charge in [0, 0.05) is 26.2 Å². The summed E-state index contributed by atoms with van der Waals surface area (Å²) < 4.78 is 36.6. The summed E-state index contributed by atoms with van der Waals surface area (Å²) in [6, 6.07) is 9.99. The van der Waals surface area contributed by atoms with Crippen LogP contribution in [0.4, 0.5) is 4.79 Å². The molecule has 1 atom stereocenters. The number of hydrazone groups is 1. The number of nitrogens with zero attached hydrogens (tertiary/aromatic N) is 3. The normalized spacial score (nSPS) is 15.0. The zero-order valence-corrected chi connectivity index (χ0v) is 27.6. The maximum absolute atomic E-state index is 14.4. The van der Waals surface area contributed by atoms with E-state index in [-0.39, 0.29) is 67.8 Å². The van der Waals surface area contributed by atoms with Crippen LogP contribution >= 0.6 is 0 Å². The second-order valence-corrected chi connectivity index (χ2v) is 13.6. The van der Waals surface area contributed by atoms with Gasteiger partial charge in [-0.05, 0) is 58.9 Å². The van der Waals surface area contributed by atoms with Crippen molar-refractivity contribution in [1.29, 1.82) is 0 Å². The summed E-state index contributed by atoms with van der Waals surface area (Å²) in [5, 5.41) is 12.5. The highest BCUT2D eigenvalue weighted by atomic mass is 32.2. The molecule has 1 fully saturated rings. The van der Waals surface area contributed by atoms with Gasteiger partial charge < -0.3 is 14.5 Å². The molecule has 1 aliphatic heterocycles. The van der Waals surface area contributed by atoms with Crippen molar-refractivity contribution in [2.75, 3.05) is 32.8 Å². The van der Waals surface area contributed by atoms with Crippen LogP contribution in [0.25, 0.3) is 0 Å². The molecule has 12 heteroatoms. The molecule has 0 aliphatic carbocycles. The zero-order chi connectivity index (χ0) is 32.6. The van der Waals surface area contributed by atoms with Crippen molar-refractivity contribution in [3.63, 3.8) is 0 Å². The SMILES string of the molecule is CCOC(=O)N1CCN(C(=O)[C@H](Cc2cccc(/C=N\NO)c2)NS(=O)(=O)c2c(C(C)C)cc(C(C)C)cc2C(C)C)CC1. The maximum atomic E-state index is 14.4. The highest BCUT2D eigenvalue weighted by molar-refractivity contribution is 7.89. The van der Waals surface area contributed by atoms with Crippen molar-refractivity contribution in [3.8, 4) is 0 Å². The number of piperazine rings is 1. The lowest BCUT2D eigenvalue weighted by Gasteiger charge is -2.36. The topological polar surface area (TPSA) is 141 Å². The Bertz CT molecular complexity index is 1400. The average molecular weight is 630 g/mol. The summed E-state index contributed by atoms with van der Waals surface area (Å²) in [6.45, 7) is 15.1. The van der Waals surface area contributed by atoms with E-state index in [1.54, 1.807) is 40.5 Å². The minimum Gasteiger partial charge on any atom is -0.450 e. The molecule has 1 aliphatic rings. The molecule has 3 rings (SSSR count). The fourth-order valence-corrected chi connectivity index (χ4v) is 7.20. The molecule has 3 N–H and O–H groups in total. The Kier molecular flexibility index (Phi) is 12.3. The van der Waals surface area contributed by atoms with E-state index in [4.69, 9.17) is 9.94 Å². The molecular weight excluding hydrogens is 582 g/mol. The van der Waals surface area contributed by atoms with Gasteiger partial charge in [0.05, 0.1) is 17.7 Å². The van der Waals surface area contributed by atoms with Crippen molar-refractivity contribution >= 4 is 28.2 Å². The molecule has 1 saturated heterocycles. The molecule has 2 aromatic rings. The summed E-state index contributed by atoms with van der Waals surface area (Å²) >= 11 is 0. The van der Waals surface area contributed by atoms with Gasteiger partial charge in [-0.1, -0.05) is 77.9 Å². The second-order valence-electron chi connectivity index (χ2n) is 12.0. The molecule has 2 amide bonds. The number of sulfonamides is 1. The lowest BCUT2D eigenvalue weighted by atomic mass is 9.89. The van der Waals surface area contributed by atoms with E-state index in [1.807, 2.05) is 45.9 Å². The number of ether oxygens (including phenoxy) is 1. The highest BCUT2D eigenvalue weighted by Crippen LogP contribution is 2.35. The largest absolute Gasteiger partial charge is 0.450 e. The number of benzene rings is 2. The Morgan fingerprint density at radius 1 is 0.955 bits per heavy atom. The first kappa shape index (κ1) is 35.0. The third-order valence-electron chi connectivity index (χ3n) is 7.72. The van der Waals surface area contributed by atoms with E-state index >= 15 is 0 Å². The molecule has 1 heterocycles. The molecule has 11 nitrogen and oxygen atoms in total. The van der Waals surface area contributed by atoms with E-state index in [1.165, 1.54) is 6.21 Å². The molecule has 0 aromatic heterocycles. The number of carbonyl (C=O) groups excluding carboxylic acids is 2. The molecule has 0 saturated carbocycles. The molecule has 0 bridgehead atoms. The fraction of sp³-hybridized carbons (Fsp3) is 0.531. The van der Waals surface area contributed by atoms with E-state index in [2.05, 4.69) is 23.7 Å². The zero-order valence-electron chi connectivity index (χ0n) is 26.8. The van der Waals surface area contributed by atoms with Crippen LogP contribution in [0.5, 0.6) is 0 Å². The summed E-state index contributed by atoms with van der Waals surface area (Å²) in [4.78, 5) is 29.6. The minimum atomic E-state index is -4.16. The van der Waals surface area contributed by atoms with Crippen LogP contribution in [-0.4, -0.2) is 80.5 Å². The standard InChI is InChI=1S/C32H47N5O6S/c1-8-43-32(39)37-14-12-36(13-15-37)31(38)29(17-24-10-9-11-25(16-24)20-33-35-40)34-44(41,42)30-27(22(4)5)18-26(21(2)3)19-28(30)23(6)7/h9-11,16,18-23,29,34-35,40H,8,12-15,17H2,1-7H3/b33-20-/t29-/m0/s1. The summed E-state index contributed by atoms with van der Waals surface area (Å²) in [6.07, 6.45) is 1.07. The van der Waals surface area contributed by atoms with Gasteiger partial charge in [0.2, 0.25) is 15.9 Å². The Balaban J connectivity index is 2.03. The molecule has 44 heavy (non-hydrogen) atoms. The lowest BCUT2D eigenvalue weighted by Crippen LogP contribution is -2.56. The van der Waals surface area contributed by atoms with E-state index < -0.39 is 22.2 Å². The van der Waals surface area contributed by atoms with Gasteiger partial charge in [-0.3, -0.25) is 10.0 Å². The van der Waals surface area contributed by atoms with Crippen LogP contribution in [-0.2, 0) is 26.0 Å². The van der Waals surface area contributed by atoms with Crippen molar-refractivity contribution in [1.82, 2.24) is 20.1 Å². The first-order valence-corrected chi connectivity index (χ1v) is 16.7. The Morgan fingerprint density at radius 2 is 1.55 bits per heavy atom. The summed E-state index contributed by atoms with van der Waals surface area (Å²) in [5.74, 6) is -0.295. The highest BCUT2D eigenvalue weighted by Gasteiger charge is 2.35. The van der Waals surface area contributed by atoms with Crippen molar-refractivity contribution in [3.05, 3.63) is 64.2 Å². The van der Waals surface area contributed by atoms with Crippen LogP contribution in [0.15, 0.2) is 46.4 Å². The van der Waals surface area contributed by atoms with E-state index in [0.717, 1.165) is 16.7 Å². The lowest BCUT2D eigenvalue weighted by molar-refractivity contribution is -0.134. The number of hydrogen-bond donors (Lipinski definition) is 3. The maximum Gasteiger partial charge on any atom is 0.409 e. The van der Waals surface area contributed by atoms with Gasteiger partial charge in [0.25, 0.3) is 0 Å². The van der Waals surface area contributed by atoms with Gasteiger partial charge in [0.15, 0.2) is 0 Å². The Hall–Kier alpha value is -3.48. The first-order valence-electron chi connectivity index (χ1n) is 15.2. The fourth-order valence-electron chi connectivity index (χ4n) is 5.31. The van der Waals surface area contributed by atoms with Crippen LogP contribution in [0.3, 0.4) is 0 Å². The van der Waals surface area contributed by atoms with Crippen molar-refractivity contribution in [2.24, 2.45) is 5.10 Å². The average Bonchev–Trinajstić information content (AvgIpc) is 2.98. The number of carbonyl (C=O) groups is 2. The molecule has 0 radical (unpaired) electrons. The van der Waals surface area contributed by atoms with Gasteiger partial charge in [-0.15, -0.1) is 0 Å². The second kappa shape index (κ2) is 15.5. The van der Waals surface area contributed by atoms with E-state index in [0.29, 0.717) is 11.1 Å². The van der Waals surface area contributed by atoms with Crippen molar-refractivity contribution < 1.29 is 28.0 Å². The summed E-state index contributed by atoms with van der Waals surface area (Å²) in [7, 11) is -4.16. The van der Waals surface area contributed by atoms with Crippen LogP contribution in [0, 0.1) is 0 Å². The number of nitrogens with one attached hydrogen (secondary N) is 2. The Morgan fingerprint density at radius 3 is 2.07 bits per heavy atom. The predicted molar refractivity (Wildman–Crippen MR) is 171 cm³/mol. The Labute approximate surface area is 261 Å². The molecule has 2 aromatic carbocycles. The monoisotopic (exact) mass is 629 g/mol. The number of hydrogen-bond acceptors (Lipinski definition) is 8. The van der Waals surface area contributed by atoms with E-state index in [9.17, 15) is 18.0 Å². The third kappa shape index (κ3) is 8.80.